The molecule has 0 amide bonds. The summed E-state index contributed by atoms with van der Waals surface area (Å²) >= 11 is 0. The van der Waals surface area contributed by atoms with Crippen molar-refractivity contribution in [3.8, 4) is 0 Å². The zero-order valence-electron chi connectivity index (χ0n) is 9.13. The van der Waals surface area contributed by atoms with Gasteiger partial charge < -0.3 is 4.90 Å². The lowest BCUT2D eigenvalue weighted by Crippen LogP contribution is -2.15. The number of nitrogens with zero attached hydrogens (tertiary/aromatic N) is 2. The third-order valence-electron chi connectivity index (χ3n) is 2.07. The van der Waals surface area contributed by atoms with E-state index in [-0.39, 0.29) is 5.41 Å². The van der Waals surface area contributed by atoms with Crippen molar-refractivity contribution in [2.24, 2.45) is 0 Å². The van der Waals surface area contributed by atoms with Crippen molar-refractivity contribution in [3.63, 3.8) is 0 Å². The molecule has 0 aliphatic rings. The zero-order chi connectivity index (χ0) is 10.1. The molecule has 0 bridgehead atoms. The van der Waals surface area contributed by atoms with Crippen molar-refractivity contribution < 1.29 is 0 Å². The standard InChI is InChI=1S/C11H18N2/c1-11(2,3)9-6-7-12-10(8-9)13(4)5/h6-8H,1-5H3. The molecule has 1 heterocycles. The van der Waals surface area contributed by atoms with Gasteiger partial charge >= 0.3 is 0 Å². The maximum absolute atomic E-state index is 4.28. The van der Waals surface area contributed by atoms with E-state index in [4.69, 9.17) is 0 Å². The first-order valence-corrected chi connectivity index (χ1v) is 4.55. The van der Waals surface area contributed by atoms with E-state index in [2.05, 4.69) is 37.9 Å². The zero-order valence-corrected chi connectivity index (χ0v) is 9.13. The minimum Gasteiger partial charge on any atom is -0.363 e. The van der Waals surface area contributed by atoms with Crippen molar-refractivity contribution in [2.75, 3.05) is 19.0 Å². The second-order valence-corrected chi connectivity index (χ2v) is 4.55. The van der Waals surface area contributed by atoms with E-state index < -0.39 is 0 Å². The van der Waals surface area contributed by atoms with Gasteiger partial charge in [0.2, 0.25) is 0 Å². The number of anilines is 1. The molecule has 0 aliphatic heterocycles. The molecule has 2 heteroatoms. The molecule has 0 unspecified atom stereocenters. The molecule has 0 saturated heterocycles. The average Bonchev–Trinajstić information content (AvgIpc) is 2.03. The van der Waals surface area contributed by atoms with Gasteiger partial charge in [-0.05, 0) is 23.1 Å². The summed E-state index contributed by atoms with van der Waals surface area (Å²) in [6, 6.07) is 4.22. The molecule has 72 valence electrons. The predicted molar refractivity (Wildman–Crippen MR) is 57.3 cm³/mol. The maximum Gasteiger partial charge on any atom is 0.128 e. The van der Waals surface area contributed by atoms with E-state index >= 15 is 0 Å². The highest BCUT2D eigenvalue weighted by atomic mass is 15.1. The Kier molecular flexibility index (Phi) is 2.60. The first kappa shape index (κ1) is 10.0. The third kappa shape index (κ3) is 2.44. The molecule has 0 radical (unpaired) electrons. The number of hydrogen-bond donors (Lipinski definition) is 0. The summed E-state index contributed by atoms with van der Waals surface area (Å²) in [4.78, 5) is 6.30. The highest BCUT2D eigenvalue weighted by molar-refractivity contribution is 5.41. The Labute approximate surface area is 80.6 Å². The van der Waals surface area contributed by atoms with Gasteiger partial charge in [-0.25, -0.2) is 4.98 Å². The van der Waals surface area contributed by atoms with E-state index in [1.165, 1.54) is 5.56 Å². The molecule has 0 aromatic carbocycles. The Balaban J connectivity index is 3.06. The molecule has 13 heavy (non-hydrogen) atoms. The SMILES string of the molecule is CN(C)c1cc(C(C)(C)C)ccn1. The van der Waals surface area contributed by atoms with Gasteiger partial charge in [-0.15, -0.1) is 0 Å². The van der Waals surface area contributed by atoms with Gasteiger partial charge in [0.25, 0.3) is 0 Å². The Bertz CT molecular complexity index is 284. The number of aromatic nitrogens is 1. The van der Waals surface area contributed by atoms with Crippen LogP contribution in [0.25, 0.3) is 0 Å². The summed E-state index contributed by atoms with van der Waals surface area (Å²) in [5.41, 5.74) is 1.53. The minimum absolute atomic E-state index is 0.202. The fourth-order valence-corrected chi connectivity index (χ4v) is 1.13. The van der Waals surface area contributed by atoms with Gasteiger partial charge in [-0.1, -0.05) is 20.8 Å². The number of rotatable bonds is 1. The van der Waals surface area contributed by atoms with E-state index in [1.54, 1.807) is 0 Å². The van der Waals surface area contributed by atoms with Crippen molar-refractivity contribution >= 4 is 5.82 Å². The summed E-state index contributed by atoms with van der Waals surface area (Å²) in [5.74, 6) is 1.02. The molecule has 0 spiro atoms. The molecule has 0 aliphatic carbocycles. The van der Waals surface area contributed by atoms with E-state index in [9.17, 15) is 0 Å². The van der Waals surface area contributed by atoms with E-state index in [1.807, 2.05) is 25.2 Å². The summed E-state index contributed by atoms with van der Waals surface area (Å²) in [5, 5.41) is 0. The Morgan fingerprint density at radius 2 is 1.85 bits per heavy atom. The van der Waals surface area contributed by atoms with Crippen molar-refractivity contribution in [1.29, 1.82) is 0 Å². The molecule has 1 aromatic heterocycles. The molecule has 1 aromatic rings. The maximum atomic E-state index is 4.28. The number of hydrogen-bond acceptors (Lipinski definition) is 2. The second-order valence-electron chi connectivity index (χ2n) is 4.55. The molecule has 0 saturated carbocycles. The van der Waals surface area contributed by atoms with Crippen molar-refractivity contribution in [1.82, 2.24) is 4.98 Å². The molecule has 1 rings (SSSR count). The second kappa shape index (κ2) is 3.36. The van der Waals surface area contributed by atoms with Crippen LogP contribution >= 0.6 is 0 Å². The van der Waals surface area contributed by atoms with Crippen molar-refractivity contribution in [3.05, 3.63) is 23.9 Å². The fraction of sp³-hybridized carbons (Fsp3) is 0.545. The van der Waals surface area contributed by atoms with Crippen LogP contribution < -0.4 is 4.90 Å². The first-order chi connectivity index (χ1) is 5.91. The molecular weight excluding hydrogens is 160 g/mol. The topological polar surface area (TPSA) is 16.1 Å². The lowest BCUT2D eigenvalue weighted by Gasteiger charge is -2.21. The minimum atomic E-state index is 0.202. The summed E-state index contributed by atoms with van der Waals surface area (Å²) < 4.78 is 0. The summed E-state index contributed by atoms with van der Waals surface area (Å²) in [6.45, 7) is 6.63. The van der Waals surface area contributed by atoms with Gasteiger partial charge in [-0.3, -0.25) is 0 Å². The Morgan fingerprint density at radius 3 is 2.31 bits per heavy atom. The molecule has 0 N–H and O–H groups in total. The van der Waals surface area contributed by atoms with Crippen LogP contribution in [0.1, 0.15) is 26.3 Å². The highest BCUT2D eigenvalue weighted by Crippen LogP contribution is 2.23. The van der Waals surface area contributed by atoms with Gasteiger partial charge in [0.1, 0.15) is 5.82 Å². The lowest BCUT2D eigenvalue weighted by atomic mass is 9.88. The predicted octanol–water partition coefficient (Wildman–Crippen LogP) is 2.45. The Hall–Kier alpha value is -1.05. The number of pyridine rings is 1. The lowest BCUT2D eigenvalue weighted by molar-refractivity contribution is 0.589. The normalized spacial score (nSPS) is 11.5. The monoisotopic (exact) mass is 178 g/mol. The van der Waals surface area contributed by atoms with Crippen LogP contribution in [0.15, 0.2) is 18.3 Å². The van der Waals surface area contributed by atoms with Crippen LogP contribution in [0.4, 0.5) is 5.82 Å². The molecule has 2 nitrogen and oxygen atoms in total. The van der Waals surface area contributed by atoms with Gasteiger partial charge in [0.05, 0.1) is 0 Å². The molecular formula is C11H18N2. The van der Waals surface area contributed by atoms with Gasteiger partial charge in [0, 0.05) is 20.3 Å². The van der Waals surface area contributed by atoms with Crippen LogP contribution in [0.5, 0.6) is 0 Å². The van der Waals surface area contributed by atoms with Crippen LogP contribution in [-0.4, -0.2) is 19.1 Å². The molecule has 0 atom stereocenters. The average molecular weight is 178 g/mol. The van der Waals surface area contributed by atoms with E-state index in [0.29, 0.717) is 0 Å². The van der Waals surface area contributed by atoms with Crippen LogP contribution in [-0.2, 0) is 5.41 Å². The third-order valence-corrected chi connectivity index (χ3v) is 2.07. The molecule has 0 fully saturated rings. The summed E-state index contributed by atoms with van der Waals surface area (Å²) in [7, 11) is 4.02. The smallest absolute Gasteiger partial charge is 0.128 e. The van der Waals surface area contributed by atoms with Crippen LogP contribution in [0.2, 0.25) is 0 Å². The van der Waals surface area contributed by atoms with E-state index in [0.717, 1.165) is 5.82 Å². The van der Waals surface area contributed by atoms with Crippen molar-refractivity contribution in [2.45, 2.75) is 26.2 Å². The Morgan fingerprint density at radius 1 is 1.23 bits per heavy atom. The van der Waals surface area contributed by atoms with Crippen LogP contribution in [0.3, 0.4) is 0 Å². The highest BCUT2D eigenvalue weighted by Gasteiger charge is 2.14. The fourth-order valence-electron chi connectivity index (χ4n) is 1.13. The van der Waals surface area contributed by atoms with Gasteiger partial charge in [-0.2, -0.15) is 0 Å². The quantitative estimate of drug-likeness (QED) is 0.656. The first-order valence-electron chi connectivity index (χ1n) is 4.55. The largest absolute Gasteiger partial charge is 0.363 e. The van der Waals surface area contributed by atoms with Gasteiger partial charge in [0.15, 0.2) is 0 Å². The summed E-state index contributed by atoms with van der Waals surface area (Å²) in [6.07, 6.45) is 1.87. The van der Waals surface area contributed by atoms with Crippen LogP contribution in [0, 0.1) is 0 Å².